The average Bonchev–Trinajstić information content (AvgIpc) is 2.55. The molecular formula is C7H6N2S2. The number of thiophene rings is 1. The fourth-order valence-corrected chi connectivity index (χ4v) is 2.20. The van der Waals surface area contributed by atoms with Crippen LogP contribution in [0.3, 0.4) is 0 Å². The molecule has 0 atom stereocenters. The molecule has 0 aromatic carbocycles. The standard InChI is InChI=1S/C7H6N2S2/c8-7-6(9-4-11-7)5-2-1-3-10-5/h1-4H,8H2. The first-order valence-corrected chi connectivity index (χ1v) is 4.86. The van der Waals surface area contributed by atoms with Crippen LogP contribution in [-0.4, -0.2) is 4.98 Å². The molecule has 0 aliphatic rings. The van der Waals surface area contributed by atoms with Gasteiger partial charge in [0.1, 0.15) is 10.7 Å². The lowest BCUT2D eigenvalue weighted by molar-refractivity contribution is 1.43. The van der Waals surface area contributed by atoms with Crippen molar-refractivity contribution >= 4 is 27.7 Å². The van der Waals surface area contributed by atoms with Crippen LogP contribution in [0.5, 0.6) is 0 Å². The third-order valence-corrected chi connectivity index (χ3v) is 2.88. The van der Waals surface area contributed by atoms with Gasteiger partial charge in [-0.05, 0) is 11.4 Å². The van der Waals surface area contributed by atoms with E-state index in [2.05, 4.69) is 4.98 Å². The molecular weight excluding hydrogens is 176 g/mol. The molecule has 2 aromatic heterocycles. The molecule has 0 fully saturated rings. The summed E-state index contributed by atoms with van der Waals surface area (Å²) >= 11 is 3.13. The van der Waals surface area contributed by atoms with E-state index in [9.17, 15) is 0 Å². The molecule has 0 amide bonds. The Morgan fingerprint density at radius 2 is 2.27 bits per heavy atom. The zero-order valence-corrected chi connectivity index (χ0v) is 7.28. The molecule has 0 aliphatic heterocycles. The summed E-state index contributed by atoms with van der Waals surface area (Å²) in [5.74, 6) is 0. The van der Waals surface area contributed by atoms with Crippen molar-refractivity contribution in [1.82, 2.24) is 4.98 Å². The molecule has 0 unspecified atom stereocenters. The summed E-state index contributed by atoms with van der Waals surface area (Å²) < 4.78 is 0. The van der Waals surface area contributed by atoms with E-state index >= 15 is 0 Å². The summed E-state index contributed by atoms with van der Waals surface area (Å²) in [6.45, 7) is 0. The van der Waals surface area contributed by atoms with Gasteiger partial charge < -0.3 is 5.73 Å². The number of nitrogens with two attached hydrogens (primary N) is 1. The van der Waals surface area contributed by atoms with Crippen molar-refractivity contribution in [3.05, 3.63) is 23.0 Å². The van der Waals surface area contributed by atoms with Gasteiger partial charge in [0.05, 0.1) is 10.4 Å². The van der Waals surface area contributed by atoms with Crippen LogP contribution in [0.2, 0.25) is 0 Å². The fraction of sp³-hybridized carbons (Fsp3) is 0. The van der Waals surface area contributed by atoms with Crippen molar-refractivity contribution in [1.29, 1.82) is 0 Å². The van der Waals surface area contributed by atoms with E-state index in [1.165, 1.54) is 11.3 Å². The Balaban J connectivity index is 2.53. The van der Waals surface area contributed by atoms with E-state index < -0.39 is 0 Å². The zero-order valence-electron chi connectivity index (χ0n) is 5.65. The number of nitrogen functional groups attached to an aromatic ring is 1. The van der Waals surface area contributed by atoms with Gasteiger partial charge in [-0.1, -0.05) is 6.07 Å². The Kier molecular flexibility index (Phi) is 1.63. The topological polar surface area (TPSA) is 38.9 Å². The van der Waals surface area contributed by atoms with Gasteiger partial charge in [-0.2, -0.15) is 0 Å². The van der Waals surface area contributed by atoms with Gasteiger partial charge in [0.15, 0.2) is 0 Å². The third kappa shape index (κ3) is 1.15. The largest absolute Gasteiger partial charge is 0.389 e. The maximum Gasteiger partial charge on any atom is 0.115 e. The van der Waals surface area contributed by atoms with Gasteiger partial charge in [-0.15, -0.1) is 22.7 Å². The van der Waals surface area contributed by atoms with Gasteiger partial charge in [-0.25, -0.2) is 4.98 Å². The van der Waals surface area contributed by atoms with Crippen LogP contribution >= 0.6 is 22.7 Å². The van der Waals surface area contributed by atoms with Crippen LogP contribution in [0.4, 0.5) is 5.00 Å². The molecule has 0 radical (unpaired) electrons. The summed E-state index contributed by atoms with van der Waals surface area (Å²) in [5.41, 5.74) is 8.38. The Morgan fingerprint density at radius 3 is 2.82 bits per heavy atom. The second-order valence-electron chi connectivity index (χ2n) is 2.04. The molecule has 4 heteroatoms. The third-order valence-electron chi connectivity index (χ3n) is 1.35. The number of hydrogen-bond donors (Lipinski definition) is 1. The summed E-state index contributed by atoms with van der Waals surface area (Å²) in [6.07, 6.45) is 0. The van der Waals surface area contributed by atoms with E-state index in [1.807, 2.05) is 17.5 Å². The highest BCUT2D eigenvalue weighted by Gasteiger charge is 2.04. The van der Waals surface area contributed by atoms with Crippen LogP contribution in [-0.2, 0) is 0 Å². The molecule has 2 aromatic rings. The first kappa shape index (κ1) is 6.82. The average molecular weight is 182 g/mol. The van der Waals surface area contributed by atoms with Crippen LogP contribution < -0.4 is 5.73 Å². The zero-order chi connectivity index (χ0) is 7.68. The number of rotatable bonds is 1. The van der Waals surface area contributed by atoms with E-state index in [-0.39, 0.29) is 0 Å². The van der Waals surface area contributed by atoms with Gasteiger partial charge in [0, 0.05) is 0 Å². The molecule has 0 aliphatic carbocycles. The molecule has 56 valence electrons. The van der Waals surface area contributed by atoms with Crippen LogP contribution in [0.25, 0.3) is 10.6 Å². The summed E-state index contributed by atoms with van der Waals surface area (Å²) in [4.78, 5) is 5.30. The highest BCUT2D eigenvalue weighted by molar-refractivity contribution is 7.16. The van der Waals surface area contributed by atoms with Crippen molar-refractivity contribution in [3.63, 3.8) is 0 Å². The summed E-state index contributed by atoms with van der Waals surface area (Å²) in [7, 11) is 0. The summed E-state index contributed by atoms with van der Waals surface area (Å²) in [6, 6.07) is 4.02. The van der Waals surface area contributed by atoms with Crippen molar-refractivity contribution in [2.75, 3.05) is 5.73 Å². The van der Waals surface area contributed by atoms with Crippen molar-refractivity contribution in [2.45, 2.75) is 0 Å². The van der Waals surface area contributed by atoms with E-state index in [0.29, 0.717) is 0 Å². The maximum absolute atomic E-state index is 5.69. The molecule has 2 heterocycles. The molecule has 2 rings (SSSR count). The number of hydrogen-bond acceptors (Lipinski definition) is 4. The number of anilines is 1. The second kappa shape index (κ2) is 2.64. The summed E-state index contributed by atoms with van der Waals surface area (Å²) in [5, 5.41) is 2.82. The minimum absolute atomic E-state index is 0.799. The first-order chi connectivity index (χ1) is 5.38. The predicted octanol–water partition coefficient (Wildman–Crippen LogP) is 2.45. The van der Waals surface area contributed by atoms with Crippen molar-refractivity contribution < 1.29 is 0 Å². The molecule has 0 spiro atoms. The number of nitrogens with zero attached hydrogens (tertiary/aromatic N) is 1. The lowest BCUT2D eigenvalue weighted by Gasteiger charge is -1.89. The van der Waals surface area contributed by atoms with Crippen LogP contribution in [0.15, 0.2) is 23.0 Å². The molecule has 11 heavy (non-hydrogen) atoms. The van der Waals surface area contributed by atoms with Gasteiger partial charge in [0.2, 0.25) is 0 Å². The fourth-order valence-electron chi connectivity index (χ4n) is 0.854. The molecule has 0 saturated carbocycles. The lowest BCUT2D eigenvalue weighted by Crippen LogP contribution is -1.81. The highest BCUT2D eigenvalue weighted by atomic mass is 32.1. The van der Waals surface area contributed by atoms with Gasteiger partial charge in [0.25, 0.3) is 0 Å². The molecule has 2 nitrogen and oxygen atoms in total. The smallest absolute Gasteiger partial charge is 0.115 e. The van der Waals surface area contributed by atoms with Gasteiger partial charge in [-0.3, -0.25) is 0 Å². The highest BCUT2D eigenvalue weighted by Crippen LogP contribution is 2.30. The number of aromatic nitrogens is 1. The lowest BCUT2D eigenvalue weighted by atomic mass is 10.4. The van der Waals surface area contributed by atoms with E-state index in [1.54, 1.807) is 16.8 Å². The van der Waals surface area contributed by atoms with Gasteiger partial charge >= 0.3 is 0 Å². The predicted molar refractivity (Wildman–Crippen MR) is 49.8 cm³/mol. The quantitative estimate of drug-likeness (QED) is 0.735. The van der Waals surface area contributed by atoms with E-state index in [4.69, 9.17) is 5.73 Å². The Labute approximate surface area is 72.3 Å². The Morgan fingerprint density at radius 1 is 1.36 bits per heavy atom. The first-order valence-electron chi connectivity index (χ1n) is 3.11. The van der Waals surface area contributed by atoms with E-state index in [0.717, 1.165) is 15.6 Å². The second-order valence-corrected chi connectivity index (χ2v) is 3.88. The van der Waals surface area contributed by atoms with Crippen molar-refractivity contribution in [3.8, 4) is 10.6 Å². The molecule has 0 saturated heterocycles. The Hall–Kier alpha value is -0.870. The normalized spacial score (nSPS) is 10.2. The minimum Gasteiger partial charge on any atom is -0.389 e. The van der Waals surface area contributed by atoms with Crippen LogP contribution in [0, 0.1) is 0 Å². The SMILES string of the molecule is Nc1scnc1-c1cccs1. The minimum atomic E-state index is 0.799. The van der Waals surface area contributed by atoms with Crippen LogP contribution in [0.1, 0.15) is 0 Å². The maximum atomic E-state index is 5.69. The van der Waals surface area contributed by atoms with Crippen molar-refractivity contribution in [2.24, 2.45) is 0 Å². The number of thiazole rings is 1. The monoisotopic (exact) mass is 182 g/mol. The molecule has 0 bridgehead atoms. The molecule has 2 N–H and O–H groups in total. The Bertz CT molecular complexity index is 337.